The van der Waals surface area contributed by atoms with Gasteiger partial charge < -0.3 is 9.84 Å². The van der Waals surface area contributed by atoms with Crippen molar-refractivity contribution in [1.82, 2.24) is 14.8 Å². The molecule has 0 radical (unpaired) electrons. The fraction of sp³-hybridized carbons (Fsp3) is 0.167. The first-order chi connectivity index (χ1) is 12.2. The summed E-state index contributed by atoms with van der Waals surface area (Å²) in [6, 6.07) is 13.9. The van der Waals surface area contributed by atoms with Gasteiger partial charge in [0.2, 0.25) is 0 Å². The standard InChI is InChI=1S/C18H17N3O3S/c1-2-10-21-16(19-20-18(21)25-12-17(22)23)11-24-15-9-5-7-13-6-3-4-8-14(13)15/h2-9H,1,10-12H2,(H,22,23). The smallest absolute Gasteiger partial charge is 0.313 e. The summed E-state index contributed by atoms with van der Waals surface area (Å²) in [4.78, 5) is 10.8. The number of benzene rings is 2. The first-order valence-corrected chi connectivity index (χ1v) is 8.65. The van der Waals surface area contributed by atoms with Gasteiger partial charge in [0, 0.05) is 11.9 Å². The van der Waals surface area contributed by atoms with Crippen molar-refractivity contribution in [2.75, 3.05) is 5.75 Å². The molecule has 128 valence electrons. The Morgan fingerprint density at radius 2 is 2.04 bits per heavy atom. The van der Waals surface area contributed by atoms with Gasteiger partial charge in [-0.3, -0.25) is 9.36 Å². The van der Waals surface area contributed by atoms with E-state index >= 15 is 0 Å². The Morgan fingerprint density at radius 1 is 1.24 bits per heavy atom. The minimum Gasteiger partial charge on any atom is -0.485 e. The van der Waals surface area contributed by atoms with Crippen molar-refractivity contribution in [2.24, 2.45) is 0 Å². The molecular weight excluding hydrogens is 338 g/mol. The zero-order valence-corrected chi connectivity index (χ0v) is 14.3. The molecule has 0 saturated heterocycles. The van der Waals surface area contributed by atoms with E-state index in [0.717, 1.165) is 28.3 Å². The van der Waals surface area contributed by atoms with E-state index in [0.29, 0.717) is 17.5 Å². The molecule has 1 N–H and O–H groups in total. The van der Waals surface area contributed by atoms with Crippen molar-refractivity contribution in [1.29, 1.82) is 0 Å². The van der Waals surface area contributed by atoms with E-state index in [1.54, 1.807) is 6.08 Å². The molecule has 0 aliphatic carbocycles. The van der Waals surface area contributed by atoms with Gasteiger partial charge in [0.25, 0.3) is 0 Å². The zero-order chi connectivity index (χ0) is 17.6. The van der Waals surface area contributed by atoms with Crippen molar-refractivity contribution in [3.05, 3.63) is 60.9 Å². The predicted octanol–water partition coefficient (Wildman–Crippen LogP) is 3.37. The summed E-state index contributed by atoms with van der Waals surface area (Å²) in [6.45, 7) is 4.46. The van der Waals surface area contributed by atoms with Crippen LogP contribution in [0, 0.1) is 0 Å². The quantitative estimate of drug-likeness (QED) is 0.493. The molecule has 6 nitrogen and oxygen atoms in total. The number of hydrogen-bond donors (Lipinski definition) is 1. The van der Waals surface area contributed by atoms with Gasteiger partial charge in [-0.25, -0.2) is 0 Å². The van der Waals surface area contributed by atoms with Crippen molar-refractivity contribution in [3.8, 4) is 5.75 Å². The number of nitrogens with zero attached hydrogens (tertiary/aromatic N) is 3. The molecule has 0 amide bonds. The summed E-state index contributed by atoms with van der Waals surface area (Å²) in [7, 11) is 0. The molecule has 0 saturated carbocycles. The molecule has 0 aliphatic rings. The molecule has 0 unspecified atom stereocenters. The Morgan fingerprint density at radius 3 is 2.84 bits per heavy atom. The van der Waals surface area contributed by atoms with Crippen LogP contribution in [0.25, 0.3) is 10.8 Å². The fourth-order valence-corrected chi connectivity index (χ4v) is 3.12. The van der Waals surface area contributed by atoms with E-state index < -0.39 is 5.97 Å². The number of allylic oxidation sites excluding steroid dienone is 1. The van der Waals surface area contributed by atoms with E-state index in [1.165, 1.54) is 0 Å². The van der Waals surface area contributed by atoms with Crippen LogP contribution >= 0.6 is 11.8 Å². The first-order valence-electron chi connectivity index (χ1n) is 7.67. The van der Waals surface area contributed by atoms with Crippen molar-refractivity contribution in [3.63, 3.8) is 0 Å². The maximum Gasteiger partial charge on any atom is 0.313 e. The molecule has 25 heavy (non-hydrogen) atoms. The third kappa shape index (κ3) is 4.00. The fourth-order valence-electron chi connectivity index (χ4n) is 2.44. The Bertz CT molecular complexity index is 902. The highest BCUT2D eigenvalue weighted by molar-refractivity contribution is 7.99. The van der Waals surface area contributed by atoms with Gasteiger partial charge >= 0.3 is 5.97 Å². The second kappa shape index (κ2) is 7.85. The van der Waals surface area contributed by atoms with Crippen LogP contribution in [0.1, 0.15) is 5.82 Å². The largest absolute Gasteiger partial charge is 0.485 e. The van der Waals surface area contributed by atoms with E-state index in [1.807, 2.05) is 47.0 Å². The number of fused-ring (bicyclic) bond motifs is 1. The Kier molecular flexibility index (Phi) is 5.35. The van der Waals surface area contributed by atoms with Crippen LogP contribution < -0.4 is 4.74 Å². The number of thioether (sulfide) groups is 1. The monoisotopic (exact) mass is 355 g/mol. The Labute approximate surface area is 149 Å². The number of aliphatic carboxylic acids is 1. The second-order valence-corrected chi connectivity index (χ2v) is 6.19. The molecule has 3 rings (SSSR count). The summed E-state index contributed by atoms with van der Waals surface area (Å²) in [5.74, 6) is 0.429. The lowest BCUT2D eigenvalue weighted by Crippen LogP contribution is -2.08. The van der Waals surface area contributed by atoms with Crippen molar-refractivity contribution >= 4 is 28.5 Å². The maximum absolute atomic E-state index is 10.8. The number of carboxylic acids is 1. The van der Waals surface area contributed by atoms with E-state index in [-0.39, 0.29) is 12.4 Å². The summed E-state index contributed by atoms with van der Waals surface area (Å²) < 4.78 is 7.76. The van der Waals surface area contributed by atoms with Crippen LogP contribution in [0.4, 0.5) is 0 Å². The SMILES string of the molecule is C=CCn1c(COc2cccc3ccccc23)nnc1SCC(=O)O. The summed E-state index contributed by atoms with van der Waals surface area (Å²) in [5.41, 5.74) is 0. The Hall–Kier alpha value is -2.80. The molecule has 3 aromatic rings. The van der Waals surface area contributed by atoms with E-state index in [9.17, 15) is 4.79 Å². The zero-order valence-electron chi connectivity index (χ0n) is 13.5. The third-order valence-electron chi connectivity index (χ3n) is 3.54. The predicted molar refractivity (Wildman–Crippen MR) is 96.9 cm³/mol. The van der Waals surface area contributed by atoms with Crippen LogP contribution in [-0.4, -0.2) is 31.6 Å². The lowest BCUT2D eigenvalue weighted by molar-refractivity contribution is -0.133. The number of aromatic nitrogens is 3. The molecule has 1 aromatic heterocycles. The average Bonchev–Trinajstić information content (AvgIpc) is 3.00. The average molecular weight is 355 g/mol. The number of rotatable bonds is 8. The number of carboxylic acid groups (broad SMARTS) is 1. The van der Waals surface area contributed by atoms with Gasteiger partial charge in [-0.15, -0.1) is 16.8 Å². The first kappa shape index (κ1) is 17.0. The molecule has 0 aliphatic heterocycles. The molecule has 0 atom stereocenters. The van der Waals surface area contributed by atoms with Gasteiger partial charge in [-0.1, -0.05) is 54.2 Å². The van der Waals surface area contributed by atoms with Crippen LogP contribution in [-0.2, 0) is 17.9 Å². The van der Waals surface area contributed by atoms with E-state index in [4.69, 9.17) is 9.84 Å². The normalized spacial score (nSPS) is 10.7. The second-order valence-electron chi connectivity index (χ2n) is 5.25. The lowest BCUT2D eigenvalue weighted by Gasteiger charge is -2.10. The van der Waals surface area contributed by atoms with Crippen LogP contribution in [0.2, 0.25) is 0 Å². The molecule has 7 heteroatoms. The molecule has 0 bridgehead atoms. The minimum atomic E-state index is -0.897. The molecule has 2 aromatic carbocycles. The number of ether oxygens (including phenoxy) is 1. The maximum atomic E-state index is 10.8. The molecule has 0 spiro atoms. The highest BCUT2D eigenvalue weighted by Gasteiger charge is 2.14. The van der Waals surface area contributed by atoms with Gasteiger partial charge in [0.15, 0.2) is 11.0 Å². The van der Waals surface area contributed by atoms with Crippen molar-refractivity contribution in [2.45, 2.75) is 18.3 Å². The lowest BCUT2D eigenvalue weighted by atomic mass is 10.1. The van der Waals surface area contributed by atoms with Gasteiger partial charge in [-0.2, -0.15) is 0 Å². The summed E-state index contributed by atoms with van der Waals surface area (Å²) in [6.07, 6.45) is 1.72. The topological polar surface area (TPSA) is 77.2 Å². The van der Waals surface area contributed by atoms with E-state index in [2.05, 4.69) is 16.8 Å². The number of carbonyl (C=O) groups is 1. The number of hydrogen-bond acceptors (Lipinski definition) is 5. The van der Waals surface area contributed by atoms with Gasteiger partial charge in [0.1, 0.15) is 12.4 Å². The highest BCUT2D eigenvalue weighted by Crippen LogP contribution is 2.26. The molecule has 1 heterocycles. The van der Waals surface area contributed by atoms with Gasteiger partial charge in [0.05, 0.1) is 5.75 Å². The molecule has 0 fully saturated rings. The highest BCUT2D eigenvalue weighted by atomic mass is 32.2. The van der Waals surface area contributed by atoms with Crippen molar-refractivity contribution < 1.29 is 14.6 Å². The van der Waals surface area contributed by atoms with Crippen LogP contribution in [0.3, 0.4) is 0 Å². The minimum absolute atomic E-state index is 0.0700. The molecular formula is C18H17N3O3S. The Balaban J connectivity index is 1.80. The third-order valence-corrected chi connectivity index (χ3v) is 4.49. The summed E-state index contributed by atoms with van der Waals surface area (Å²) >= 11 is 1.13. The van der Waals surface area contributed by atoms with Gasteiger partial charge in [-0.05, 0) is 11.5 Å². The summed E-state index contributed by atoms with van der Waals surface area (Å²) in [5, 5.41) is 19.7. The van der Waals surface area contributed by atoms with Crippen LogP contribution in [0.15, 0.2) is 60.3 Å². The van der Waals surface area contributed by atoms with Crippen LogP contribution in [0.5, 0.6) is 5.75 Å².